The molecule has 0 aromatic heterocycles. The molecule has 3 heterocycles. The van der Waals surface area contributed by atoms with Gasteiger partial charge in [-0.3, -0.25) is 15.0 Å². The molecule has 0 aliphatic carbocycles. The van der Waals surface area contributed by atoms with Gasteiger partial charge in [-0.25, -0.2) is 0 Å². The van der Waals surface area contributed by atoms with Gasteiger partial charge in [-0.15, -0.1) is 0 Å². The zero-order valence-electron chi connectivity index (χ0n) is 32.1. The van der Waals surface area contributed by atoms with E-state index < -0.39 is 0 Å². The van der Waals surface area contributed by atoms with Crippen molar-refractivity contribution in [2.24, 2.45) is 15.0 Å². The molecule has 6 aromatic rings. The summed E-state index contributed by atoms with van der Waals surface area (Å²) >= 11 is 0. The quantitative estimate of drug-likeness (QED) is 0.115. The molecule has 9 heteroatoms. The Labute approximate surface area is 338 Å². The number of benzene rings is 6. The van der Waals surface area contributed by atoms with Gasteiger partial charge >= 0.3 is 0 Å². The molecule has 0 amide bonds. The van der Waals surface area contributed by atoms with E-state index in [1.165, 1.54) is 0 Å². The number of hydrogen-bond acceptors (Lipinski definition) is 9. The smallest absolute Gasteiger partial charge is 0.216 e. The Balaban J connectivity index is 1.09. The highest BCUT2D eigenvalue weighted by Crippen LogP contribution is 2.46. The van der Waals surface area contributed by atoms with Crippen LogP contribution in [0, 0.1) is 0 Å². The predicted molar refractivity (Wildman–Crippen MR) is 226 cm³/mol. The highest BCUT2D eigenvalue weighted by molar-refractivity contribution is 5.95. The zero-order chi connectivity index (χ0) is 38.9. The Morgan fingerprint density at radius 3 is 0.931 bits per heavy atom. The third kappa shape index (κ3) is 8.44. The zero-order valence-corrected chi connectivity index (χ0v) is 32.1. The summed E-state index contributed by atoms with van der Waals surface area (Å²) in [4.78, 5) is 13.7. The van der Waals surface area contributed by atoms with Crippen LogP contribution in [-0.2, 0) is 14.2 Å². The summed E-state index contributed by atoms with van der Waals surface area (Å²) in [5, 5.41) is 0. The van der Waals surface area contributed by atoms with Crippen LogP contribution in [0.3, 0.4) is 0 Å². The van der Waals surface area contributed by atoms with Crippen molar-refractivity contribution in [1.82, 2.24) is 0 Å². The molecule has 0 N–H and O–H groups in total. The van der Waals surface area contributed by atoms with Gasteiger partial charge in [-0.2, -0.15) is 0 Å². The van der Waals surface area contributed by atoms with Crippen LogP contribution >= 0.6 is 0 Å². The van der Waals surface area contributed by atoms with E-state index in [9.17, 15) is 0 Å². The van der Waals surface area contributed by atoms with Crippen molar-refractivity contribution >= 4 is 17.7 Å². The molecule has 3 aliphatic heterocycles. The number of rotatable bonds is 12. The molecule has 0 radical (unpaired) electrons. The van der Waals surface area contributed by atoms with Gasteiger partial charge < -0.3 is 28.4 Å². The Morgan fingerprint density at radius 1 is 0.362 bits per heavy atom. The van der Waals surface area contributed by atoms with Gasteiger partial charge in [0.25, 0.3) is 0 Å². The second kappa shape index (κ2) is 17.5. The van der Waals surface area contributed by atoms with Gasteiger partial charge in [0.2, 0.25) is 17.7 Å². The van der Waals surface area contributed by atoms with Crippen LogP contribution in [0.25, 0.3) is 0 Å². The SMILES string of the molecule is c1ccc(C(c2ccccc2Oc2ccc(C3=NCCCO3)cc2)c2ccccc2Oc2ccc(C3=NCCCO3)cc2)c(Oc2ccc(C3=NCCCO3)cc2)c1. The molecule has 0 saturated carbocycles. The second-order valence-corrected chi connectivity index (χ2v) is 14.1. The Kier molecular flexibility index (Phi) is 11.1. The van der Waals surface area contributed by atoms with Crippen LogP contribution in [0.15, 0.2) is 161 Å². The van der Waals surface area contributed by atoms with Gasteiger partial charge in [0, 0.05) is 78.2 Å². The second-order valence-electron chi connectivity index (χ2n) is 14.1. The first-order valence-electron chi connectivity index (χ1n) is 19.9. The number of para-hydroxylation sites is 3. The van der Waals surface area contributed by atoms with Crippen molar-refractivity contribution in [3.63, 3.8) is 0 Å². The van der Waals surface area contributed by atoms with E-state index in [0.29, 0.717) is 72.0 Å². The van der Waals surface area contributed by atoms with Crippen LogP contribution in [0.2, 0.25) is 0 Å². The van der Waals surface area contributed by atoms with Gasteiger partial charge in [-0.05, 0) is 91.0 Å². The minimum atomic E-state index is -0.374. The fraction of sp³-hybridized carbons (Fsp3) is 0.204. The molecule has 0 spiro atoms. The summed E-state index contributed by atoms with van der Waals surface area (Å²) < 4.78 is 37.6. The summed E-state index contributed by atoms with van der Waals surface area (Å²) in [5.41, 5.74) is 5.58. The van der Waals surface area contributed by atoms with E-state index in [1.807, 2.05) is 127 Å². The number of nitrogens with zero attached hydrogens (tertiary/aromatic N) is 3. The van der Waals surface area contributed by atoms with Crippen LogP contribution < -0.4 is 14.2 Å². The third-order valence-corrected chi connectivity index (χ3v) is 10.1. The monoisotopic (exact) mass is 769 g/mol. The first-order valence-corrected chi connectivity index (χ1v) is 19.9. The van der Waals surface area contributed by atoms with Crippen LogP contribution in [0.4, 0.5) is 0 Å². The van der Waals surface area contributed by atoms with Crippen molar-refractivity contribution in [3.05, 3.63) is 179 Å². The maximum absolute atomic E-state index is 6.73. The number of aliphatic imine (C=N–C) groups is 3. The molecule has 290 valence electrons. The Hall–Kier alpha value is -6.87. The maximum Gasteiger partial charge on any atom is 0.216 e. The average Bonchev–Trinajstić information content (AvgIpc) is 3.30. The van der Waals surface area contributed by atoms with Crippen molar-refractivity contribution in [2.45, 2.75) is 25.2 Å². The fourth-order valence-electron chi connectivity index (χ4n) is 7.22. The molecule has 0 bridgehead atoms. The van der Waals surface area contributed by atoms with E-state index in [2.05, 4.69) is 33.2 Å². The molecule has 58 heavy (non-hydrogen) atoms. The number of ether oxygens (including phenoxy) is 6. The van der Waals surface area contributed by atoms with Crippen LogP contribution in [-0.4, -0.2) is 57.1 Å². The molecule has 0 fully saturated rings. The molecule has 0 saturated heterocycles. The number of hydrogen-bond donors (Lipinski definition) is 0. The van der Waals surface area contributed by atoms with E-state index >= 15 is 0 Å². The topological polar surface area (TPSA) is 92.5 Å². The first-order chi connectivity index (χ1) is 28.7. The lowest BCUT2D eigenvalue weighted by atomic mass is 9.83. The van der Waals surface area contributed by atoms with E-state index in [-0.39, 0.29) is 5.92 Å². The maximum atomic E-state index is 6.73. The fourth-order valence-corrected chi connectivity index (χ4v) is 7.22. The molecular weight excluding hydrogens is 727 g/mol. The van der Waals surface area contributed by atoms with Gasteiger partial charge in [0.1, 0.15) is 34.5 Å². The van der Waals surface area contributed by atoms with Gasteiger partial charge in [0.05, 0.1) is 19.8 Å². The van der Waals surface area contributed by atoms with Gasteiger partial charge in [-0.1, -0.05) is 54.6 Å². The summed E-state index contributed by atoms with van der Waals surface area (Å²) in [7, 11) is 0. The average molecular weight is 770 g/mol. The molecule has 0 atom stereocenters. The summed E-state index contributed by atoms with van der Waals surface area (Å²) in [6.45, 7) is 4.33. The lowest BCUT2D eigenvalue weighted by Gasteiger charge is -2.26. The minimum Gasteiger partial charge on any atom is -0.477 e. The van der Waals surface area contributed by atoms with E-state index in [4.69, 9.17) is 28.4 Å². The van der Waals surface area contributed by atoms with Gasteiger partial charge in [0.15, 0.2) is 0 Å². The molecule has 9 rings (SSSR count). The summed E-state index contributed by atoms with van der Waals surface area (Å²) in [6, 6.07) is 48.0. The van der Waals surface area contributed by atoms with Crippen LogP contribution in [0.1, 0.15) is 58.6 Å². The summed E-state index contributed by atoms with van der Waals surface area (Å²) in [5.74, 6) is 5.82. The van der Waals surface area contributed by atoms with Crippen LogP contribution in [0.5, 0.6) is 34.5 Å². The predicted octanol–water partition coefficient (Wildman–Crippen LogP) is 10.7. The lowest BCUT2D eigenvalue weighted by Crippen LogP contribution is -2.14. The minimum absolute atomic E-state index is 0.374. The van der Waals surface area contributed by atoms with Crippen molar-refractivity contribution < 1.29 is 28.4 Å². The summed E-state index contributed by atoms with van der Waals surface area (Å²) in [6.07, 6.45) is 2.79. The Bertz CT molecular complexity index is 2170. The van der Waals surface area contributed by atoms with E-state index in [0.717, 1.165) is 72.3 Å². The van der Waals surface area contributed by atoms with Crippen molar-refractivity contribution in [3.8, 4) is 34.5 Å². The molecular formula is C49H43N3O6. The Morgan fingerprint density at radius 2 is 0.655 bits per heavy atom. The highest BCUT2D eigenvalue weighted by Gasteiger charge is 2.28. The first kappa shape index (κ1) is 36.7. The molecule has 0 unspecified atom stereocenters. The largest absolute Gasteiger partial charge is 0.477 e. The standard InChI is InChI=1S/C49H43N3O6/c1-4-13-43(56-37-22-16-34(17-23-37)47-50-28-7-31-53-47)40(10-1)46(41-11-2-5-14-44(41)57-38-24-18-35(19-25-38)48-51-29-8-32-54-48)42-12-3-6-15-45(42)58-39-26-20-36(21-27-39)49-52-30-9-33-55-49/h1-6,10-27,46H,7-9,28-33H2. The highest BCUT2D eigenvalue weighted by atomic mass is 16.5. The van der Waals surface area contributed by atoms with Crippen molar-refractivity contribution in [1.29, 1.82) is 0 Å². The molecule has 6 aromatic carbocycles. The van der Waals surface area contributed by atoms with Crippen molar-refractivity contribution in [2.75, 3.05) is 39.5 Å². The third-order valence-electron chi connectivity index (χ3n) is 10.1. The van der Waals surface area contributed by atoms with E-state index in [1.54, 1.807) is 0 Å². The lowest BCUT2D eigenvalue weighted by molar-refractivity contribution is 0.284. The molecule has 9 nitrogen and oxygen atoms in total. The normalized spacial score (nSPS) is 15.2. The molecule has 3 aliphatic rings.